The van der Waals surface area contributed by atoms with Crippen LogP contribution in [0, 0.1) is 5.92 Å². The average Bonchev–Trinajstić information content (AvgIpc) is 2.67. The lowest BCUT2D eigenvalue weighted by molar-refractivity contribution is 0.0997. The van der Waals surface area contributed by atoms with Crippen LogP contribution in [0.25, 0.3) is 0 Å². The first kappa shape index (κ1) is 22.9. The van der Waals surface area contributed by atoms with Crippen LogP contribution in [0.1, 0.15) is 30.1 Å². The minimum atomic E-state index is -4.14. The Morgan fingerprint density at radius 3 is 2.59 bits per heavy atom. The molecule has 10 heteroatoms. The SMILES string of the molecule is CC1CCCN(c2ccc(S(=O)(=O)O)cn2)C1.COc1cc(Cl)ccc1C(N)=O. The van der Waals surface area contributed by atoms with Crippen molar-refractivity contribution >= 4 is 33.4 Å². The van der Waals surface area contributed by atoms with E-state index in [9.17, 15) is 13.2 Å². The van der Waals surface area contributed by atoms with E-state index in [-0.39, 0.29) is 4.90 Å². The molecule has 1 saturated heterocycles. The van der Waals surface area contributed by atoms with Crippen molar-refractivity contribution in [2.45, 2.75) is 24.7 Å². The molecule has 1 amide bonds. The number of hydrogen-bond donors (Lipinski definition) is 2. The molecule has 0 radical (unpaired) electrons. The van der Waals surface area contributed by atoms with E-state index in [1.807, 2.05) is 0 Å². The van der Waals surface area contributed by atoms with Crippen LogP contribution in [-0.4, -0.2) is 44.1 Å². The van der Waals surface area contributed by atoms with Gasteiger partial charge in [0.1, 0.15) is 16.5 Å². The van der Waals surface area contributed by atoms with Gasteiger partial charge in [0.2, 0.25) is 0 Å². The Morgan fingerprint density at radius 2 is 2.07 bits per heavy atom. The fraction of sp³-hybridized carbons (Fsp3) is 0.368. The number of carbonyl (C=O) groups is 1. The number of pyridine rings is 1. The molecule has 1 unspecified atom stereocenters. The first-order chi connectivity index (χ1) is 13.6. The molecule has 0 saturated carbocycles. The number of methoxy groups -OCH3 is 1. The molecule has 1 fully saturated rings. The smallest absolute Gasteiger partial charge is 0.296 e. The first-order valence-electron chi connectivity index (χ1n) is 8.93. The van der Waals surface area contributed by atoms with Gasteiger partial charge in [0.15, 0.2) is 0 Å². The van der Waals surface area contributed by atoms with Crippen LogP contribution in [0.15, 0.2) is 41.4 Å². The van der Waals surface area contributed by atoms with E-state index in [2.05, 4.69) is 16.8 Å². The summed E-state index contributed by atoms with van der Waals surface area (Å²) in [6.45, 7) is 4.08. The molecule has 0 bridgehead atoms. The molecule has 1 aliphatic heterocycles. The van der Waals surface area contributed by atoms with E-state index in [1.54, 1.807) is 18.2 Å². The van der Waals surface area contributed by atoms with E-state index in [0.717, 1.165) is 25.3 Å². The van der Waals surface area contributed by atoms with Crippen LogP contribution in [-0.2, 0) is 10.1 Å². The molecular formula is C19H24ClN3O5S. The summed E-state index contributed by atoms with van der Waals surface area (Å²) in [6.07, 6.45) is 3.55. The number of rotatable bonds is 4. The number of ether oxygens (including phenoxy) is 1. The molecule has 1 atom stereocenters. The standard InChI is InChI=1S/C11H16N2O3S.C8H8ClNO2/c1-9-3-2-6-13(8-9)11-5-4-10(7-12-11)17(14,15)16;1-12-7-4-5(9)2-3-6(7)8(10)11/h4-5,7,9H,2-3,6,8H2,1H3,(H,14,15,16);2-4H,1H3,(H2,10,11). The van der Waals surface area contributed by atoms with E-state index >= 15 is 0 Å². The summed E-state index contributed by atoms with van der Waals surface area (Å²) < 4.78 is 35.5. The Balaban J connectivity index is 0.000000221. The van der Waals surface area contributed by atoms with Gasteiger partial charge in [-0.05, 0) is 49.1 Å². The highest BCUT2D eigenvalue weighted by Gasteiger charge is 2.18. The second-order valence-corrected chi connectivity index (χ2v) is 8.59. The maximum absolute atomic E-state index is 10.9. The van der Waals surface area contributed by atoms with Crippen molar-refractivity contribution in [3.8, 4) is 5.75 Å². The summed E-state index contributed by atoms with van der Waals surface area (Å²) in [6, 6.07) is 7.69. The van der Waals surface area contributed by atoms with Crippen LogP contribution in [0.4, 0.5) is 5.82 Å². The molecule has 1 aliphatic rings. The lowest BCUT2D eigenvalue weighted by Gasteiger charge is -2.31. The number of primary amides is 1. The van der Waals surface area contributed by atoms with E-state index in [1.165, 1.54) is 31.9 Å². The van der Waals surface area contributed by atoms with Gasteiger partial charge in [-0.3, -0.25) is 9.35 Å². The third-order valence-corrected chi connectivity index (χ3v) is 5.50. The Labute approximate surface area is 175 Å². The van der Waals surface area contributed by atoms with Crippen LogP contribution >= 0.6 is 11.6 Å². The highest BCUT2D eigenvalue weighted by atomic mass is 35.5. The number of nitrogens with two attached hydrogens (primary N) is 1. The topological polar surface area (TPSA) is 123 Å². The average molecular weight is 442 g/mol. The molecule has 3 N–H and O–H groups in total. The molecule has 0 spiro atoms. The van der Waals surface area contributed by atoms with Crippen LogP contribution in [0.3, 0.4) is 0 Å². The summed E-state index contributed by atoms with van der Waals surface area (Å²) in [4.78, 5) is 16.9. The summed E-state index contributed by atoms with van der Waals surface area (Å²) >= 11 is 5.67. The third kappa shape index (κ3) is 6.59. The van der Waals surface area contributed by atoms with Crippen molar-refractivity contribution in [3.05, 3.63) is 47.1 Å². The molecule has 1 aromatic carbocycles. The van der Waals surface area contributed by atoms with E-state index in [4.69, 9.17) is 26.6 Å². The molecule has 3 rings (SSSR count). The monoisotopic (exact) mass is 441 g/mol. The van der Waals surface area contributed by atoms with Gasteiger partial charge < -0.3 is 15.4 Å². The van der Waals surface area contributed by atoms with Gasteiger partial charge in [0.25, 0.3) is 16.0 Å². The number of nitrogens with zero attached hydrogens (tertiary/aromatic N) is 2. The second kappa shape index (κ2) is 9.91. The zero-order valence-corrected chi connectivity index (χ0v) is 17.8. The maximum atomic E-state index is 10.9. The predicted molar refractivity (Wildman–Crippen MR) is 111 cm³/mol. The predicted octanol–water partition coefficient (Wildman–Crippen LogP) is 3.01. The quantitative estimate of drug-likeness (QED) is 0.699. The van der Waals surface area contributed by atoms with Gasteiger partial charge in [-0.15, -0.1) is 0 Å². The number of piperidine rings is 1. The highest BCUT2D eigenvalue weighted by molar-refractivity contribution is 7.85. The van der Waals surface area contributed by atoms with Crippen molar-refractivity contribution in [1.29, 1.82) is 0 Å². The zero-order valence-electron chi connectivity index (χ0n) is 16.2. The maximum Gasteiger partial charge on any atom is 0.296 e. The summed E-state index contributed by atoms with van der Waals surface area (Å²) in [5, 5.41) is 0.511. The van der Waals surface area contributed by atoms with E-state index in [0.29, 0.717) is 22.3 Å². The first-order valence-corrected chi connectivity index (χ1v) is 10.8. The summed E-state index contributed by atoms with van der Waals surface area (Å²) in [7, 11) is -2.69. The zero-order chi connectivity index (χ0) is 21.6. The molecular weight excluding hydrogens is 418 g/mol. The van der Waals surface area contributed by atoms with Crippen molar-refractivity contribution in [2.75, 3.05) is 25.1 Å². The fourth-order valence-corrected chi connectivity index (χ4v) is 3.57. The summed E-state index contributed by atoms with van der Waals surface area (Å²) in [5.41, 5.74) is 5.41. The van der Waals surface area contributed by atoms with Gasteiger partial charge in [-0.1, -0.05) is 18.5 Å². The minimum absolute atomic E-state index is 0.161. The van der Waals surface area contributed by atoms with Gasteiger partial charge in [0.05, 0.1) is 18.9 Å². The lowest BCUT2D eigenvalue weighted by atomic mass is 10.0. The van der Waals surface area contributed by atoms with Crippen LogP contribution < -0.4 is 15.4 Å². The van der Waals surface area contributed by atoms with Crippen LogP contribution in [0.5, 0.6) is 5.75 Å². The molecule has 2 heterocycles. The number of hydrogen-bond acceptors (Lipinski definition) is 6. The Kier molecular flexibility index (Phi) is 7.83. The number of amides is 1. The Morgan fingerprint density at radius 1 is 1.34 bits per heavy atom. The van der Waals surface area contributed by atoms with E-state index < -0.39 is 16.0 Å². The van der Waals surface area contributed by atoms with Gasteiger partial charge in [0, 0.05) is 18.1 Å². The Bertz CT molecular complexity index is 951. The highest BCUT2D eigenvalue weighted by Crippen LogP contribution is 2.23. The van der Waals surface area contributed by atoms with Crippen molar-refractivity contribution in [3.63, 3.8) is 0 Å². The van der Waals surface area contributed by atoms with Gasteiger partial charge >= 0.3 is 0 Å². The summed E-state index contributed by atoms with van der Waals surface area (Å²) in [5.74, 6) is 1.27. The number of carbonyl (C=O) groups excluding carboxylic acids is 1. The number of anilines is 1. The molecule has 8 nitrogen and oxygen atoms in total. The van der Waals surface area contributed by atoms with Gasteiger partial charge in [-0.25, -0.2) is 4.98 Å². The van der Waals surface area contributed by atoms with Crippen molar-refractivity contribution < 1.29 is 22.5 Å². The minimum Gasteiger partial charge on any atom is -0.496 e. The molecule has 29 heavy (non-hydrogen) atoms. The second-order valence-electron chi connectivity index (χ2n) is 6.73. The lowest BCUT2D eigenvalue weighted by Crippen LogP contribution is -2.34. The van der Waals surface area contributed by atoms with Crippen molar-refractivity contribution in [2.24, 2.45) is 11.7 Å². The Hall–Kier alpha value is -2.36. The third-order valence-electron chi connectivity index (χ3n) is 4.43. The molecule has 158 valence electrons. The van der Waals surface area contributed by atoms with Crippen molar-refractivity contribution in [1.82, 2.24) is 4.98 Å². The normalized spacial score (nSPS) is 16.6. The molecule has 0 aliphatic carbocycles. The molecule has 1 aromatic heterocycles. The number of aromatic nitrogens is 1. The fourth-order valence-electron chi connectivity index (χ4n) is 2.98. The number of benzene rings is 1. The van der Waals surface area contributed by atoms with Gasteiger partial charge in [-0.2, -0.15) is 8.42 Å². The largest absolute Gasteiger partial charge is 0.496 e. The molecule has 2 aromatic rings. The number of halogens is 1. The van der Waals surface area contributed by atoms with Crippen LogP contribution in [0.2, 0.25) is 5.02 Å².